The molecule has 2 aromatic rings. The smallest absolute Gasteiger partial charge is 0.248 e. The third-order valence-electron chi connectivity index (χ3n) is 4.61. The third kappa shape index (κ3) is 4.68. The van der Waals surface area contributed by atoms with Gasteiger partial charge in [0.25, 0.3) is 0 Å². The number of carbonyl (C=O) groups is 2. The van der Waals surface area contributed by atoms with E-state index in [1.807, 2.05) is 31.2 Å². The van der Waals surface area contributed by atoms with E-state index in [4.69, 9.17) is 17.3 Å². The van der Waals surface area contributed by atoms with Crippen LogP contribution in [-0.4, -0.2) is 24.9 Å². The van der Waals surface area contributed by atoms with E-state index < -0.39 is 5.91 Å². The van der Waals surface area contributed by atoms with Gasteiger partial charge in [0, 0.05) is 29.8 Å². The monoisotopic (exact) mass is 383 g/mol. The molecule has 1 heterocycles. The highest BCUT2D eigenvalue weighted by Gasteiger charge is 2.18. The zero-order chi connectivity index (χ0) is 19.4. The number of anilines is 2. The van der Waals surface area contributed by atoms with Gasteiger partial charge in [-0.1, -0.05) is 23.7 Å². The molecule has 2 aromatic carbocycles. The SMILES string of the molecule is Cc1ccc(/C=C/C(=O)Nc2cc(C(N)=O)ccc2N2CCCC2)cc1Cl. The predicted octanol–water partition coefficient (Wildman–Crippen LogP) is 4.00. The van der Waals surface area contributed by atoms with Crippen molar-refractivity contribution in [2.75, 3.05) is 23.3 Å². The van der Waals surface area contributed by atoms with E-state index in [0.29, 0.717) is 16.3 Å². The van der Waals surface area contributed by atoms with E-state index in [1.165, 1.54) is 6.08 Å². The van der Waals surface area contributed by atoms with Crippen molar-refractivity contribution < 1.29 is 9.59 Å². The first-order valence-electron chi connectivity index (χ1n) is 8.88. The van der Waals surface area contributed by atoms with Gasteiger partial charge in [0.05, 0.1) is 11.4 Å². The summed E-state index contributed by atoms with van der Waals surface area (Å²) in [5, 5.41) is 3.53. The van der Waals surface area contributed by atoms with Crippen molar-refractivity contribution in [3.63, 3.8) is 0 Å². The Kier molecular flexibility index (Phi) is 5.81. The van der Waals surface area contributed by atoms with Gasteiger partial charge in [-0.15, -0.1) is 0 Å². The van der Waals surface area contributed by atoms with Crippen molar-refractivity contribution in [2.45, 2.75) is 19.8 Å². The largest absolute Gasteiger partial charge is 0.370 e. The van der Waals surface area contributed by atoms with Crippen molar-refractivity contribution in [2.24, 2.45) is 5.73 Å². The topological polar surface area (TPSA) is 75.4 Å². The summed E-state index contributed by atoms with van der Waals surface area (Å²) >= 11 is 6.12. The minimum atomic E-state index is -0.525. The fourth-order valence-corrected chi connectivity index (χ4v) is 3.27. The third-order valence-corrected chi connectivity index (χ3v) is 5.02. The number of nitrogens with two attached hydrogens (primary N) is 1. The molecule has 0 radical (unpaired) electrons. The zero-order valence-corrected chi connectivity index (χ0v) is 15.9. The molecule has 0 atom stereocenters. The molecule has 1 aliphatic heterocycles. The maximum absolute atomic E-state index is 12.4. The highest BCUT2D eigenvalue weighted by molar-refractivity contribution is 6.31. The van der Waals surface area contributed by atoms with Gasteiger partial charge in [0.15, 0.2) is 0 Å². The van der Waals surface area contributed by atoms with Crippen LogP contribution in [0.1, 0.15) is 34.3 Å². The summed E-state index contributed by atoms with van der Waals surface area (Å²) in [6.45, 7) is 3.78. The fourth-order valence-electron chi connectivity index (χ4n) is 3.08. The molecular weight excluding hydrogens is 362 g/mol. The molecule has 0 aliphatic carbocycles. The first kappa shape index (κ1) is 19.0. The summed E-state index contributed by atoms with van der Waals surface area (Å²) in [5.41, 5.74) is 9.06. The highest BCUT2D eigenvalue weighted by Crippen LogP contribution is 2.30. The lowest BCUT2D eigenvalue weighted by atomic mass is 10.1. The molecule has 3 rings (SSSR count). The van der Waals surface area contributed by atoms with Crippen LogP contribution >= 0.6 is 11.6 Å². The number of primary amides is 1. The number of hydrogen-bond acceptors (Lipinski definition) is 3. The highest BCUT2D eigenvalue weighted by atomic mass is 35.5. The summed E-state index contributed by atoms with van der Waals surface area (Å²) in [4.78, 5) is 26.1. The van der Waals surface area contributed by atoms with E-state index in [1.54, 1.807) is 18.2 Å². The molecule has 0 unspecified atom stereocenters. The predicted molar refractivity (Wildman–Crippen MR) is 110 cm³/mol. The van der Waals surface area contributed by atoms with Crippen molar-refractivity contribution in [3.8, 4) is 0 Å². The molecule has 27 heavy (non-hydrogen) atoms. The van der Waals surface area contributed by atoms with Crippen LogP contribution in [0.2, 0.25) is 5.02 Å². The number of carbonyl (C=O) groups excluding carboxylic acids is 2. The molecule has 1 saturated heterocycles. The number of nitrogens with zero attached hydrogens (tertiary/aromatic N) is 1. The van der Waals surface area contributed by atoms with Crippen LogP contribution in [0.25, 0.3) is 6.08 Å². The number of rotatable bonds is 5. The minimum Gasteiger partial charge on any atom is -0.370 e. The van der Waals surface area contributed by atoms with Crippen molar-refractivity contribution >= 4 is 40.9 Å². The van der Waals surface area contributed by atoms with Crippen molar-refractivity contribution in [1.82, 2.24) is 0 Å². The average Bonchev–Trinajstić information content (AvgIpc) is 3.17. The van der Waals surface area contributed by atoms with E-state index in [9.17, 15) is 9.59 Å². The number of amides is 2. The molecule has 1 aliphatic rings. The quantitative estimate of drug-likeness (QED) is 0.766. The summed E-state index contributed by atoms with van der Waals surface area (Å²) in [7, 11) is 0. The number of benzene rings is 2. The molecule has 3 N–H and O–H groups in total. The number of aryl methyl sites for hydroxylation is 1. The maximum Gasteiger partial charge on any atom is 0.248 e. The molecule has 6 heteroatoms. The number of hydrogen-bond donors (Lipinski definition) is 2. The fraction of sp³-hybridized carbons (Fsp3) is 0.238. The molecule has 140 valence electrons. The molecule has 0 spiro atoms. The van der Waals surface area contributed by atoms with E-state index in [0.717, 1.165) is 42.7 Å². The van der Waals surface area contributed by atoms with Crippen LogP contribution in [0, 0.1) is 6.92 Å². The van der Waals surface area contributed by atoms with Gasteiger partial charge < -0.3 is 16.0 Å². The number of halogens is 1. The molecule has 5 nitrogen and oxygen atoms in total. The molecule has 2 amide bonds. The lowest BCUT2D eigenvalue weighted by Crippen LogP contribution is -2.21. The average molecular weight is 384 g/mol. The lowest BCUT2D eigenvalue weighted by molar-refractivity contribution is -0.111. The van der Waals surface area contributed by atoms with E-state index in [-0.39, 0.29) is 5.91 Å². The van der Waals surface area contributed by atoms with Gasteiger partial charge in [-0.25, -0.2) is 0 Å². The summed E-state index contributed by atoms with van der Waals surface area (Å²) in [6, 6.07) is 10.8. The normalized spacial score (nSPS) is 13.9. The summed E-state index contributed by atoms with van der Waals surface area (Å²) in [5.74, 6) is -0.808. The van der Waals surface area contributed by atoms with Gasteiger partial charge in [0.2, 0.25) is 11.8 Å². The van der Waals surface area contributed by atoms with Crippen LogP contribution in [0.4, 0.5) is 11.4 Å². The number of nitrogens with one attached hydrogen (secondary N) is 1. The molecule has 0 bridgehead atoms. The van der Waals surface area contributed by atoms with Crippen molar-refractivity contribution in [3.05, 3.63) is 64.2 Å². The van der Waals surface area contributed by atoms with Crippen LogP contribution in [0.5, 0.6) is 0 Å². The zero-order valence-electron chi connectivity index (χ0n) is 15.2. The van der Waals surface area contributed by atoms with Crippen LogP contribution in [-0.2, 0) is 4.79 Å². The Morgan fingerprint density at radius 2 is 1.89 bits per heavy atom. The standard InChI is InChI=1S/C21H22ClN3O2/c1-14-4-5-15(12-17(14)22)6-9-20(26)24-18-13-16(21(23)27)7-8-19(18)25-10-2-3-11-25/h4-9,12-13H,2-3,10-11H2,1H3,(H2,23,27)(H,24,26)/b9-6+. The molecular formula is C21H22ClN3O2. The Labute approximate surface area is 163 Å². The molecule has 0 saturated carbocycles. The first-order chi connectivity index (χ1) is 12.9. The Morgan fingerprint density at radius 1 is 1.15 bits per heavy atom. The first-order valence-corrected chi connectivity index (χ1v) is 9.26. The van der Waals surface area contributed by atoms with Gasteiger partial charge in [-0.3, -0.25) is 9.59 Å². The summed E-state index contributed by atoms with van der Waals surface area (Å²) in [6.07, 6.45) is 5.37. The molecule has 0 aromatic heterocycles. The Bertz CT molecular complexity index is 902. The van der Waals surface area contributed by atoms with Crippen LogP contribution < -0.4 is 16.0 Å². The minimum absolute atomic E-state index is 0.284. The summed E-state index contributed by atoms with van der Waals surface area (Å²) < 4.78 is 0. The Balaban J connectivity index is 1.80. The Morgan fingerprint density at radius 3 is 2.56 bits per heavy atom. The van der Waals surface area contributed by atoms with E-state index >= 15 is 0 Å². The Hall–Kier alpha value is -2.79. The van der Waals surface area contributed by atoms with Gasteiger partial charge in [-0.2, -0.15) is 0 Å². The second-order valence-electron chi connectivity index (χ2n) is 6.62. The van der Waals surface area contributed by atoms with E-state index in [2.05, 4.69) is 10.2 Å². The maximum atomic E-state index is 12.4. The van der Waals surface area contributed by atoms with Crippen molar-refractivity contribution in [1.29, 1.82) is 0 Å². The second-order valence-corrected chi connectivity index (χ2v) is 7.03. The van der Waals surface area contributed by atoms with Crippen LogP contribution in [0.15, 0.2) is 42.5 Å². The van der Waals surface area contributed by atoms with Gasteiger partial charge >= 0.3 is 0 Å². The lowest BCUT2D eigenvalue weighted by Gasteiger charge is -2.21. The van der Waals surface area contributed by atoms with Gasteiger partial charge in [0.1, 0.15) is 0 Å². The molecule has 1 fully saturated rings. The van der Waals surface area contributed by atoms with Crippen LogP contribution in [0.3, 0.4) is 0 Å². The second kappa shape index (κ2) is 8.27. The van der Waals surface area contributed by atoms with Gasteiger partial charge in [-0.05, 0) is 61.2 Å².